The van der Waals surface area contributed by atoms with Crippen LogP contribution in [-0.4, -0.2) is 20.6 Å². The van der Waals surface area contributed by atoms with Crippen molar-refractivity contribution in [3.63, 3.8) is 0 Å². The Morgan fingerprint density at radius 2 is 1.86 bits per heavy atom. The first-order valence-corrected chi connectivity index (χ1v) is 9.18. The van der Waals surface area contributed by atoms with Crippen molar-refractivity contribution < 1.29 is 13.7 Å². The van der Waals surface area contributed by atoms with Crippen LogP contribution in [0, 0.1) is 5.82 Å². The quantitative estimate of drug-likeness (QED) is 0.486. The van der Waals surface area contributed by atoms with Crippen molar-refractivity contribution in [1.29, 1.82) is 0 Å². The van der Waals surface area contributed by atoms with Crippen molar-refractivity contribution in [3.8, 4) is 23.0 Å². The average Bonchev–Trinajstić information content (AvgIpc) is 3.33. The maximum atomic E-state index is 13.0. The fourth-order valence-electron chi connectivity index (χ4n) is 2.68. The van der Waals surface area contributed by atoms with Gasteiger partial charge in [0.2, 0.25) is 11.7 Å². The first kappa shape index (κ1) is 18.1. The number of aromatic nitrogens is 3. The fourth-order valence-corrected chi connectivity index (χ4v) is 2.94. The topological polar surface area (TPSA) is 73.0 Å². The van der Waals surface area contributed by atoms with E-state index in [0.717, 1.165) is 10.0 Å². The van der Waals surface area contributed by atoms with Crippen LogP contribution in [0.25, 0.3) is 23.0 Å². The Morgan fingerprint density at radius 1 is 1.11 bits per heavy atom. The van der Waals surface area contributed by atoms with E-state index in [-0.39, 0.29) is 18.3 Å². The van der Waals surface area contributed by atoms with E-state index in [1.54, 1.807) is 22.9 Å². The van der Waals surface area contributed by atoms with Crippen LogP contribution >= 0.6 is 15.9 Å². The van der Waals surface area contributed by atoms with Crippen molar-refractivity contribution in [2.45, 2.75) is 6.54 Å². The number of carbonyl (C=O) groups is 1. The molecular formula is C20H14BrFN4O2. The molecule has 0 aliphatic carbocycles. The maximum absolute atomic E-state index is 13.0. The van der Waals surface area contributed by atoms with E-state index < -0.39 is 0 Å². The van der Waals surface area contributed by atoms with Gasteiger partial charge in [-0.1, -0.05) is 21.1 Å². The molecule has 0 atom stereocenters. The van der Waals surface area contributed by atoms with Crippen molar-refractivity contribution in [2.24, 2.45) is 0 Å². The van der Waals surface area contributed by atoms with Crippen molar-refractivity contribution in [2.75, 3.05) is 5.32 Å². The zero-order chi connectivity index (χ0) is 19.5. The van der Waals surface area contributed by atoms with Gasteiger partial charge in [0.1, 0.15) is 18.1 Å². The lowest BCUT2D eigenvalue weighted by Crippen LogP contribution is -2.18. The predicted octanol–water partition coefficient (Wildman–Crippen LogP) is 4.75. The van der Waals surface area contributed by atoms with Crippen molar-refractivity contribution in [3.05, 3.63) is 77.2 Å². The molecule has 4 aromatic rings. The molecule has 1 amide bonds. The van der Waals surface area contributed by atoms with Crippen LogP contribution in [0.15, 0.2) is 75.9 Å². The lowest BCUT2D eigenvalue weighted by atomic mass is 10.2. The van der Waals surface area contributed by atoms with Crippen LogP contribution in [0.2, 0.25) is 0 Å². The molecule has 0 aliphatic rings. The van der Waals surface area contributed by atoms with Crippen LogP contribution in [-0.2, 0) is 11.3 Å². The molecule has 0 unspecified atom stereocenters. The molecule has 0 fully saturated rings. The molecule has 0 aliphatic heterocycles. The van der Waals surface area contributed by atoms with Gasteiger partial charge in [-0.05, 0) is 60.7 Å². The molecule has 0 saturated heterocycles. The zero-order valence-corrected chi connectivity index (χ0v) is 16.1. The molecule has 8 heteroatoms. The molecule has 0 bridgehead atoms. The molecule has 6 nitrogen and oxygen atoms in total. The third-order valence-electron chi connectivity index (χ3n) is 4.02. The number of anilines is 1. The second kappa shape index (κ2) is 7.77. The van der Waals surface area contributed by atoms with Crippen LogP contribution in [0.1, 0.15) is 0 Å². The zero-order valence-electron chi connectivity index (χ0n) is 14.5. The number of hydrogen-bond acceptors (Lipinski definition) is 4. The third-order valence-corrected chi connectivity index (χ3v) is 4.55. The molecule has 1 N–H and O–H groups in total. The second-order valence-corrected chi connectivity index (χ2v) is 6.92. The summed E-state index contributed by atoms with van der Waals surface area (Å²) in [6, 6.07) is 16.7. The van der Waals surface area contributed by atoms with Gasteiger partial charge in [-0.2, -0.15) is 4.98 Å². The van der Waals surface area contributed by atoms with E-state index in [1.165, 1.54) is 24.3 Å². The fraction of sp³-hybridized carbons (Fsp3) is 0.0500. The second-order valence-electron chi connectivity index (χ2n) is 6.01. The monoisotopic (exact) mass is 440 g/mol. The number of benzene rings is 2. The van der Waals surface area contributed by atoms with Crippen LogP contribution in [0.3, 0.4) is 0 Å². The van der Waals surface area contributed by atoms with E-state index in [4.69, 9.17) is 4.52 Å². The van der Waals surface area contributed by atoms with Gasteiger partial charge in [0, 0.05) is 21.9 Å². The Hall–Kier alpha value is -3.26. The van der Waals surface area contributed by atoms with E-state index in [1.807, 2.05) is 24.3 Å². The van der Waals surface area contributed by atoms with Crippen molar-refractivity contribution in [1.82, 2.24) is 14.7 Å². The Morgan fingerprint density at radius 3 is 2.61 bits per heavy atom. The third kappa shape index (κ3) is 4.01. The van der Waals surface area contributed by atoms with Gasteiger partial charge < -0.3 is 14.4 Å². The molecule has 2 aromatic heterocycles. The van der Waals surface area contributed by atoms with Gasteiger partial charge in [0.05, 0.1) is 0 Å². The summed E-state index contributed by atoms with van der Waals surface area (Å²) in [4.78, 5) is 16.7. The molecule has 28 heavy (non-hydrogen) atoms. The smallest absolute Gasteiger partial charge is 0.274 e. The predicted molar refractivity (Wildman–Crippen MR) is 106 cm³/mol. The summed E-state index contributed by atoms with van der Waals surface area (Å²) in [5, 5.41) is 6.74. The Balaban J connectivity index is 1.50. The minimum atomic E-state index is -0.358. The van der Waals surface area contributed by atoms with Gasteiger partial charge >= 0.3 is 0 Å². The van der Waals surface area contributed by atoms with Crippen molar-refractivity contribution >= 4 is 27.5 Å². The summed E-state index contributed by atoms with van der Waals surface area (Å²) < 4.78 is 21.0. The standard InChI is InChI=1S/C20H14BrFN4O2/c21-14-5-3-13(4-6-14)19-24-20(28-25-19)17-2-1-11-26(17)12-18(27)23-16-9-7-15(22)8-10-16/h1-11H,12H2,(H,23,27). The summed E-state index contributed by atoms with van der Waals surface area (Å²) in [5.74, 6) is 0.170. The number of rotatable bonds is 5. The highest BCUT2D eigenvalue weighted by molar-refractivity contribution is 9.10. The Kier molecular flexibility index (Phi) is 5.03. The molecule has 2 heterocycles. The lowest BCUT2D eigenvalue weighted by molar-refractivity contribution is -0.116. The van der Waals surface area contributed by atoms with Gasteiger partial charge in [-0.25, -0.2) is 4.39 Å². The molecular weight excluding hydrogens is 427 g/mol. The summed E-state index contributed by atoms with van der Waals surface area (Å²) in [6.45, 7) is 0.0513. The highest BCUT2D eigenvalue weighted by atomic mass is 79.9. The van der Waals surface area contributed by atoms with Crippen LogP contribution in [0.4, 0.5) is 10.1 Å². The molecule has 0 radical (unpaired) electrons. The molecule has 4 rings (SSSR count). The first-order chi connectivity index (χ1) is 13.6. The number of halogens is 2. The highest BCUT2D eigenvalue weighted by Gasteiger charge is 2.15. The maximum Gasteiger partial charge on any atom is 0.274 e. The number of amides is 1. The minimum Gasteiger partial charge on any atom is -0.334 e. The molecule has 2 aromatic carbocycles. The number of hydrogen-bond donors (Lipinski definition) is 1. The lowest BCUT2D eigenvalue weighted by Gasteiger charge is -2.08. The Labute approximate surface area is 168 Å². The molecule has 140 valence electrons. The number of carbonyl (C=O) groups excluding carboxylic acids is 1. The summed E-state index contributed by atoms with van der Waals surface area (Å²) in [7, 11) is 0. The van der Waals surface area contributed by atoms with Crippen LogP contribution in [0.5, 0.6) is 0 Å². The number of nitrogens with one attached hydrogen (secondary N) is 1. The SMILES string of the molecule is O=C(Cn1cccc1-c1nc(-c2ccc(Br)cc2)no1)Nc1ccc(F)cc1. The molecule has 0 saturated carbocycles. The summed E-state index contributed by atoms with van der Waals surface area (Å²) in [5.41, 5.74) is 1.98. The average molecular weight is 441 g/mol. The normalized spacial score (nSPS) is 10.8. The van der Waals surface area contributed by atoms with E-state index in [9.17, 15) is 9.18 Å². The Bertz CT molecular complexity index is 1100. The number of nitrogens with zero attached hydrogens (tertiary/aromatic N) is 3. The largest absolute Gasteiger partial charge is 0.334 e. The van der Waals surface area contributed by atoms with Gasteiger partial charge in [0.15, 0.2) is 0 Å². The summed E-state index contributed by atoms with van der Waals surface area (Å²) in [6.07, 6.45) is 1.75. The summed E-state index contributed by atoms with van der Waals surface area (Å²) >= 11 is 3.39. The first-order valence-electron chi connectivity index (χ1n) is 8.39. The highest BCUT2D eigenvalue weighted by Crippen LogP contribution is 2.24. The van der Waals surface area contributed by atoms with E-state index in [2.05, 4.69) is 31.4 Å². The van der Waals surface area contributed by atoms with Gasteiger partial charge in [-0.15, -0.1) is 0 Å². The minimum absolute atomic E-state index is 0.0513. The molecule has 0 spiro atoms. The van der Waals surface area contributed by atoms with Gasteiger partial charge in [-0.3, -0.25) is 4.79 Å². The van der Waals surface area contributed by atoms with E-state index >= 15 is 0 Å². The van der Waals surface area contributed by atoms with Gasteiger partial charge in [0.25, 0.3) is 5.89 Å². The van der Waals surface area contributed by atoms with E-state index in [0.29, 0.717) is 23.1 Å². The van der Waals surface area contributed by atoms with Crippen LogP contribution < -0.4 is 5.32 Å².